The summed E-state index contributed by atoms with van der Waals surface area (Å²) in [4.78, 5) is 66.2. The van der Waals surface area contributed by atoms with Crippen LogP contribution in [0.5, 0.6) is 5.75 Å². The van der Waals surface area contributed by atoms with E-state index < -0.39 is 62.2 Å². The number of benzene rings is 2. The minimum atomic E-state index is -2.89. The van der Waals surface area contributed by atoms with Gasteiger partial charge in [0, 0.05) is 97.1 Å². The summed E-state index contributed by atoms with van der Waals surface area (Å²) in [5, 5.41) is 53.5. The number of carbonyl (C=O) groups is 4. The van der Waals surface area contributed by atoms with E-state index in [1.807, 2.05) is 57.2 Å². The number of methoxy groups -OCH3 is 3. The minimum absolute atomic E-state index is 0.0424. The van der Waals surface area contributed by atoms with E-state index in [2.05, 4.69) is 14.8 Å². The van der Waals surface area contributed by atoms with Gasteiger partial charge in [-0.25, -0.2) is 4.79 Å². The van der Waals surface area contributed by atoms with Crippen LogP contribution in [0, 0.1) is 11.3 Å². The first kappa shape index (κ1) is 43.6. The Morgan fingerprint density at radius 3 is 2.32 bits per heavy atom. The van der Waals surface area contributed by atoms with Gasteiger partial charge in [-0.2, -0.15) is 0 Å². The van der Waals surface area contributed by atoms with Crippen LogP contribution in [0.2, 0.25) is 0 Å². The molecule has 1 saturated carbocycles. The monoisotopic (exact) mass is 868 g/mol. The molecule has 3 fully saturated rings. The summed E-state index contributed by atoms with van der Waals surface area (Å²) in [6.45, 7) is 8.91. The average Bonchev–Trinajstić information content (AvgIpc) is 3.88. The van der Waals surface area contributed by atoms with Gasteiger partial charge in [-0.1, -0.05) is 44.2 Å². The molecule has 9 rings (SSSR count). The van der Waals surface area contributed by atoms with E-state index in [4.69, 9.17) is 14.2 Å². The summed E-state index contributed by atoms with van der Waals surface area (Å²) in [6, 6.07) is 11.0. The zero-order valence-corrected chi connectivity index (χ0v) is 37.2. The van der Waals surface area contributed by atoms with E-state index in [0.29, 0.717) is 63.1 Å². The standard InChI is InChI=1S/C48H60N4O11/c1-8-42(57)24-43(58)25-45(39(55)62-6,38-31(15-19-50(26-42)27-43)30-13-10-11-14-34(30)49-38)33-22-32-35(23-36(33)61-5)52(28-53)48(60)46(32)17-20-51-18-12-16-44(9-2,41(46,51)4)37(21-29(3)54)47(48,59)40(56)63-7/h10-14,16,22-23,28,37,49,57-60H,8-9,15,17-21,24-27H2,1-7H3/t37-,41+,42+,43-,44+,45+,46+,47+,48+/m1/s1. The van der Waals surface area contributed by atoms with Crippen LogP contribution in [0.1, 0.15) is 88.6 Å². The van der Waals surface area contributed by atoms with E-state index in [-0.39, 0.29) is 55.0 Å². The number of carbonyl (C=O) groups excluding carboxylic acids is 4. The first-order chi connectivity index (χ1) is 29.9. The molecule has 1 aromatic heterocycles. The van der Waals surface area contributed by atoms with Crippen molar-refractivity contribution in [2.24, 2.45) is 11.3 Å². The molecule has 6 aliphatic rings. The minimum Gasteiger partial charge on any atom is -0.496 e. The highest BCUT2D eigenvalue weighted by molar-refractivity contribution is 5.97. The lowest BCUT2D eigenvalue weighted by Gasteiger charge is -2.72. The molecule has 2 bridgehead atoms. The third-order valence-electron chi connectivity index (χ3n) is 17.0. The lowest BCUT2D eigenvalue weighted by atomic mass is 9.37. The number of nitrogens with zero attached hydrogens (tertiary/aromatic N) is 3. The second-order valence-electron chi connectivity index (χ2n) is 19.4. The van der Waals surface area contributed by atoms with Gasteiger partial charge in [0.1, 0.15) is 16.9 Å². The molecule has 5 N–H and O–H groups in total. The number of hydrogen-bond acceptors (Lipinski definition) is 13. The summed E-state index contributed by atoms with van der Waals surface area (Å²) < 4.78 is 17.5. The number of amides is 1. The van der Waals surface area contributed by atoms with E-state index in [0.717, 1.165) is 28.5 Å². The van der Waals surface area contributed by atoms with Crippen LogP contribution < -0.4 is 9.64 Å². The van der Waals surface area contributed by atoms with Gasteiger partial charge in [-0.05, 0) is 62.8 Å². The predicted molar refractivity (Wildman–Crippen MR) is 231 cm³/mol. The number of aromatic amines is 1. The Labute approximate surface area is 367 Å². The number of piperidine rings is 1. The Kier molecular flexibility index (Phi) is 9.81. The number of aromatic nitrogens is 1. The van der Waals surface area contributed by atoms with Crippen molar-refractivity contribution in [3.05, 3.63) is 70.9 Å². The molecule has 15 nitrogen and oxygen atoms in total. The van der Waals surface area contributed by atoms with Gasteiger partial charge in [-0.3, -0.25) is 24.3 Å². The average molecular weight is 869 g/mol. The van der Waals surface area contributed by atoms with Gasteiger partial charge in [0.25, 0.3) is 0 Å². The van der Waals surface area contributed by atoms with Crippen molar-refractivity contribution in [2.45, 2.75) is 112 Å². The highest BCUT2D eigenvalue weighted by atomic mass is 16.5. The molecule has 0 radical (unpaired) electrons. The van der Waals surface area contributed by atoms with Gasteiger partial charge < -0.3 is 44.4 Å². The molecule has 3 aromatic rings. The highest BCUT2D eigenvalue weighted by Gasteiger charge is 2.90. The number of ketones is 1. The smallest absolute Gasteiger partial charge is 0.343 e. The summed E-state index contributed by atoms with van der Waals surface area (Å²) in [5.74, 6) is -3.43. The highest BCUT2D eigenvalue weighted by Crippen LogP contribution is 2.77. The number of H-pyrrole nitrogens is 1. The Bertz CT molecular complexity index is 2470. The first-order valence-corrected chi connectivity index (χ1v) is 22.1. The Hall–Kier alpha value is -4.64. The number of fused-ring (bicyclic) bond motifs is 6. The topological polar surface area (TPSA) is 202 Å². The van der Waals surface area contributed by atoms with E-state index in [9.17, 15) is 34.8 Å². The molecule has 15 heteroatoms. The molecule has 1 unspecified atom stereocenters. The van der Waals surface area contributed by atoms with Crippen molar-refractivity contribution in [1.29, 1.82) is 0 Å². The zero-order chi connectivity index (χ0) is 45.3. The number of hydrogen-bond donors (Lipinski definition) is 5. The van der Waals surface area contributed by atoms with Crippen LogP contribution in [0.4, 0.5) is 5.69 Å². The number of Topliss-reactive ketones (excluding diaryl/α,β-unsaturated/α-hetero) is 1. The molecule has 1 amide bonds. The van der Waals surface area contributed by atoms with Crippen LogP contribution in [-0.4, -0.2) is 141 Å². The Balaban J connectivity index is 1.43. The maximum atomic E-state index is 15.4. The number of para-hydroxylation sites is 1. The molecule has 338 valence electrons. The van der Waals surface area contributed by atoms with Crippen molar-refractivity contribution in [3.63, 3.8) is 0 Å². The van der Waals surface area contributed by atoms with Crippen LogP contribution >= 0.6 is 0 Å². The molecule has 10 atom stereocenters. The van der Waals surface area contributed by atoms with Gasteiger partial charge in [-0.15, -0.1) is 0 Å². The van der Waals surface area contributed by atoms with Gasteiger partial charge in [0.05, 0.1) is 43.6 Å². The van der Waals surface area contributed by atoms with Crippen LogP contribution in [0.3, 0.4) is 0 Å². The van der Waals surface area contributed by atoms with E-state index in [1.54, 1.807) is 12.1 Å². The van der Waals surface area contributed by atoms with Crippen molar-refractivity contribution < 1.29 is 53.8 Å². The first-order valence-electron chi connectivity index (χ1n) is 22.1. The third kappa shape index (κ3) is 5.06. The largest absolute Gasteiger partial charge is 0.496 e. The van der Waals surface area contributed by atoms with E-state index >= 15 is 4.79 Å². The Morgan fingerprint density at radius 1 is 0.937 bits per heavy atom. The van der Waals surface area contributed by atoms with Gasteiger partial charge in [0.2, 0.25) is 12.0 Å². The summed E-state index contributed by atoms with van der Waals surface area (Å²) >= 11 is 0. The molecule has 2 saturated heterocycles. The van der Waals surface area contributed by atoms with Gasteiger partial charge >= 0.3 is 11.9 Å². The van der Waals surface area contributed by atoms with Crippen LogP contribution in [0.25, 0.3) is 10.9 Å². The summed E-state index contributed by atoms with van der Waals surface area (Å²) in [5.41, 5.74) is -11.8. The lowest BCUT2D eigenvalue weighted by molar-refractivity contribution is -0.290. The predicted octanol–water partition coefficient (Wildman–Crippen LogP) is 3.01. The second-order valence-corrected chi connectivity index (χ2v) is 19.4. The third-order valence-corrected chi connectivity index (χ3v) is 17.0. The number of rotatable bonds is 9. The van der Waals surface area contributed by atoms with E-state index in [1.165, 1.54) is 21.1 Å². The molecular formula is C48H60N4O11. The fourth-order valence-corrected chi connectivity index (χ4v) is 14.6. The molecule has 63 heavy (non-hydrogen) atoms. The van der Waals surface area contributed by atoms with Crippen LogP contribution in [0.15, 0.2) is 48.6 Å². The number of nitrogens with one attached hydrogen (secondary N) is 1. The van der Waals surface area contributed by atoms with Crippen LogP contribution in [-0.2, 0) is 45.9 Å². The SMILES string of the molecule is CC[C@@]1(O)CN2CCc3c([nH]c4ccccc34)[C@@](C(=O)OC)(c3cc4c(cc3OC)N(C=O)[C@]3(O)[C@@]45CCN4CC=C[C@@](CC)([C@@H](CC(C)=O)[C@]3(O)C(=O)OC)[C@]45C)C[C@@](O)(C2)C1. The zero-order valence-electron chi connectivity index (χ0n) is 37.2. The number of esters is 2. The van der Waals surface area contributed by atoms with Crippen molar-refractivity contribution in [2.75, 3.05) is 59.0 Å². The molecular weight excluding hydrogens is 809 g/mol. The molecule has 5 aliphatic heterocycles. The molecule has 2 aromatic carbocycles. The van der Waals surface area contributed by atoms with Gasteiger partial charge in [0.15, 0.2) is 5.72 Å². The molecule has 6 heterocycles. The fraction of sp³-hybridized carbons (Fsp3) is 0.583. The maximum Gasteiger partial charge on any atom is 0.343 e. The fourth-order valence-electron chi connectivity index (χ4n) is 14.6. The Morgan fingerprint density at radius 2 is 1.67 bits per heavy atom. The molecule has 1 spiro atoms. The number of ether oxygens (including phenoxy) is 3. The van der Waals surface area contributed by atoms with Crippen molar-refractivity contribution in [3.8, 4) is 5.75 Å². The normalized spacial score (nSPS) is 38.9. The summed E-state index contributed by atoms with van der Waals surface area (Å²) in [7, 11) is 3.81. The van der Waals surface area contributed by atoms with Crippen molar-refractivity contribution >= 4 is 40.7 Å². The quantitative estimate of drug-likeness (QED) is 0.120. The second kappa shape index (κ2) is 14.2. The molecule has 1 aliphatic carbocycles. The summed E-state index contributed by atoms with van der Waals surface area (Å²) in [6.07, 6.45) is 4.94. The number of anilines is 1. The van der Waals surface area contributed by atoms with Crippen molar-refractivity contribution in [1.82, 2.24) is 14.8 Å². The maximum absolute atomic E-state index is 15.4. The lowest BCUT2D eigenvalue weighted by Crippen LogP contribution is -2.89. The number of aliphatic hydroxyl groups is 4.